The second-order valence-electron chi connectivity index (χ2n) is 5.31. The Labute approximate surface area is 122 Å². The van der Waals surface area contributed by atoms with Crippen LogP contribution in [0.5, 0.6) is 0 Å². The van der Waals surface area contributed by atoms with Crippen LogP contribution in [0.1, 0.15) is 70.9 Å². The molecule has 0 radical (unpaired) electrons. The van der Waals surface area contributed by atoms with Gasteiger partial charge in [-0.05, 0) is 43.0 Å². The van der Waals surface area contributed by atoms with Crippen molar-refractivity contribution in [3.05, 3.63) is 23.1 Å². The van der Waals surface area contributed by atoms with E-state index < -0.39 is 0 Å². The van der Waals surface area contributed by atoms with Crippen LogP contribution in [-0.4, -0.2) is 6.54 Å². The maximum Gasteiger partial charge on any atom is 0.197 e. The Morgan fingerprint density at radius 3 is 2.58 bits per heavy atom. The molecule has 1 heterocycles. The molecule has 0 saturated heterocycles. The first-order chi connectivity index (χ1) is 9.22. The second kappa shape index (κ2) is 9.44. The van der Waals surface area contributed by atoms with E-state index in [1.54, 1.807) is 6.26 Å². The van der Waals surface area contributed by atoms with E-state index in [0.717, 1.165) is 30.9 Å². The smallest absolute Gasteiger partial charge is 0.197 e. The van der Waals surface area contributed by atoms with Gasteiger partial charge in [0, 0.05) is 11.6 Å². The average molecular weight is 286 g/mol. The van der Waals surface area contributed by atoms with Crippen LogP contribution in [-0.2, 0) is 0 Å². The fourth-order valence-corrected chi connectivity index (χ4v) is 2.75. The van der Waals surface area contributed by atoms with E-state index in [0.29, 0.717) is 11.3 Å². The van der Waals surface area contributed by atoms with E-state index in [-0.39, 0.29) is 0 Å². The van der Waals surface area contributed by atoms with E-state index in [1.807, 2.05) is 6.07 Å². The summed E-state index contributed by atoms with van der Waals surface area (Å²) in [6, 6.07) is 2.33. The third-order valence-electron chi connectivity index (χ3n) is 3.77. The fourth-order valence-electron chi connectivity index (χ4n) is 2.51. The van der Waals surface area contributed by atoms with Gasteiger partial charge in [-0.25, -0.2) is 0 Å². The lowest BCUT2D eigenvalue weighted by atomic mass is 9.90. The van der Waals surface area contributed by atoms with Gasteiger partial charge < -0.3 is 9.73 Å². The predicted molar refractivity (Wildman–Crippen MR) is 82.7 cm³/mol. The first kappa shape index (κ1) is 16.6. The fraction of sp³-hybridized carbons (Fsp3) is 0.750. The molecule has 0 bridgehead atoms. The van der Waals surface area contributed by atoms with Crippen LogP contribution < -0.4 is 5.32 Å². The van der Waals surface area contributed by atoms with Crippen molar-refractivity contribution in [2.75, 3.05) is 6.54 Å². The van der Waals surface area contributed by atoms with Crippen LogP contribution in [0.2, 0.25) is 5.22 Å². The normalized spacial score (nSPS) is 14.5. The van der Waals surface area contributed by atoms with Crippen molar-refractivity contribution >= 4 is 11.6 Å². The number of furan rings is 1. The van der Waals surface area contributed by atoms with Gasteiger partial charge in [0.25, 0.3) is 0 Å². The summed E-state index contributed by atoms with van der Waals surface area (Å²) in [6.07, 6.45) is 9.11. The van der Waals surface area contributed by atoms with Crippen LogP contribution in [0.15, 0.2) is 16.7 Å². The van der Waals surface area contributed by atoms with Gasteiger partial charge >= 0.3 is 0 Å². The molecule has 0 aromatic carbocycles. The average Bonchev–Trinajstić information content (AvgIpc) is 2.84. The number of rotatable bonds is 10. The second-order valence-corrected chi connectivity index (χ2v) is 5.65. The van der Waals surface area contributed by atoms with Crippen molar-refractivity contribution in [2.45, 2.75) is 65.3 Å². The van der Waals surface area contributed by atoms with E-state index in [1.165, 1.54) is 25.7 Å². The molecule has 0 aliphatic carbocycles. The summed E-state index contributed by atoms with van der Waals surface area (Å²) >= 11 is 6.14. The molecule has 2 atom stereocenters. The zero-order chi connectivity index (χ0) is 14.1. The summed E-state index contributed by atoms with van der Waals surface area (Å²) in [6.45, 7) is 7.76. The molecule has 0 amide bonds. The molecule has 1 aromatic heterocycles. The van der Waals surface area contributed by atoms with Crippen molar-refractivity contribution in [1.82, 2.24) is 5.32 Å². The molecule has 0 spiro atoms. The zero-order valence-corrected chi connectivity index (χ0v) is 13.3. The zero-order valence-electron chi connectivity index (χ0n) is 12.5. The van der Waals surface area contributed by atoms with Gasteiger partial charge in [-0.1, -0.05) is 46.5 Å². The third kappa shape index (κ3) is 5.58. The SMILES string of the molecule is CCCCC(CC)CC(NCCC)c1ccoc1Cl. The number of nitrogens with one attached hydrogen (secondary N) is 1. The van der Waals surface area contributed by atoms with Gasteiger partial charge in [0.05, 0.1) is 6.26 Å². The summed E-state index contributed by atoms with van der Waals surface area (Å²) in [7, 11) is 0. The van der Waals surface area contributed by atoms with Gasteiger partial charge in [-0.2, -0.15) is 0 Å². The highest BCUT2D eigenvalue weighted by Gasteiger charge is 2.20. The van der Waals surface area contributed by atoms with Crippen LogP contribution in [0.3, 0.4) is 0 Å². The van der Waals surface area contributed by atoms with Crippen molar-refractivity contribution in [2.24, 2.45) is 5.92 Å². The molecule has 19 heavy (non-hydrogen) atoms. The largest absolute Gasteiger partial charge is 0.453 e. The lowest BCUT2D eigenvalue weighted by Gasteiger charge is -2.23. The summed E-state index contributed by atoms with van der Waals surface area (Å²) in [5.41, 5.74) is 1.12. The van der Waals surface area contributed by atoms with Gasteiger partial charge in [-0.3, -0.25) is 0 Å². The molecule has 3 heteroatoms. The van der Waals surface area contributed by atoms with Crippen molar-refractivity contribution < 1.29 is 4.42 Å². The first-order valence-electron chi connectivity index (χ1n) is 7.69. The summed E-state index contributed by atoms with van der Waals surface area (Å²) in [5.74, 6) is 0.764. The predicted octanol–water partition coefficient (Wildman–Crippen LogP) is 5.58. The van der Waals surface area contributed by atoms with Crippen molar-refractivity contribution in [3.63, 3.8) is 0 Å². The van der Waals surface area contributed by atoms with E-state index in [4.69, 9.17) is 16.0 Å². The molecule has 110 valence electrons. The molecular weight excluding hydrogens is 258 g/mol. The van der Waals surface area contributed by atoms with Crippen LogP contribution in [0, 0.1) is 5.92 Å². The van der Waals surface area contributed by atoms with E-state index >= 15 is 0 Å². The van der Waals surface area contributed by atoms with Crippen LogP contribution >= 0.6 is 11.6 Å². The highest BCUT2D eigenvalue weighted by molar-refractivity contribution is 6.29. The number of hydrogen-bond donors (Lipinski definition) is 1. The van der Waals surface area contributed by atoms with Crippen LogP contribution in [0.4, 0.5) is 0 Å². The Morgan fingerprint density at radius 1 is 1.26 bits per heavy atom. The molecule has 0 aliphatic rings. The molecule has 1 rings (SSSR count). The van der Waals surface area contributed by atoms with Crippen molar-refractivity contribution in [1.29, 1.82) is 0 Å². The minimum Gasteiger partial charge on any atom is -0.453 e. The van der Waals surface area contributed by atoms with Gasteiger partial charge in [-0.15, -0.1) is 0 Å². The van der Waals surface area contributed by atoms with Crippen molar-refractivity contribution in [3.8, 4) is 0 Å². The highest BCUT2D eigenvalue weighted by atomic mass is 35.5. The summed E-state index contributed by atoms with van der Waals surface area (Å²) in [4.78, 5) is 0. The summed E-state index contributed by atoms with van der Waals surface area (Å²) in [5, 5.41) is 4.15. The first-order valence-corrected chi connectivity index (χ1v) is 8.06. The highest BCUT2D eigenvalue weighted by Crippen LogP contribution is 2.31. The number of halogens is 1. The van der Waals surface area contributed by atoms with E-state index in [9.17, 15) is 0 Å². The molecule has 0 saturated carbocycles. The van der Waals surface area contributed by atoms with E-state index in [2.05, 4.69) is 26.1 Å². The minimum absolute atomic E-state index is 0.327. The molecule has 0 aliphatic heterocycles. The van der Waals surface area contributed by atoms with Gasteiger partial charge in [0.15, 0.2) is 5.22 Å². The van der Waals surface area contributed by atoms with Gasteiger partial charge in [0.1, 0.15) is 0 Å². The molecule has 2 nitrogen and oxygen atoms in total. The maximum absolute atomic E-state index is 6.14. The van der Waals surface area contributed by atoms with Gasteiger partial charge in [0.2, 0.25) is 0 Å². The molecule has 1 N–H and O–H groups in total. The standard InChI is InChI=1S/C16H28ClNO/c1-4-7-8-13(6-3)12-15(18-10-5-2)14-9-11-19-16(14)17/h9,11,13,15,18H,4-8,10,12H2,1-3H3. The summed E-state index contributed by atoms with van der Waals surface area (Å²) < 4.78 is 5.25. The lowest BCUT2D eigenvalue weighted by molar-refractivity contribution is 0.352. The quantitative estimate of drug-likeness (QED) is 0.607. The molecule has 0 fully saturated rings. The lowest BCUT2D eigenvalue weighted by Crippen LogP contribution is -2.24. The maximum atomic E-state index is 6.14. The molecular formula is C16H28ClNO. The number of hydrogen-bond acceptors (Lipinski definition) is 2. The van der Waals surface area contributed by atoms with Crippen LogP contribution in [0.25, 0.3) is 0 Å². The third-order valence-corrected chi connectivity index (χ3v) is 4.08. The number of unbranched alkanes of at least 4 members (excludes halogenated alkanes) is 1. The minimum atomic E-state index is 0.327. The molecule has 2 unspecified atom stereocenters. The molecule has 1 aromatic rings. The Hall–Kier alpha value is -0.470. The Balaban J connectivity index is 2.65. The Kier molecular flexibility index (Phi) is 8.24. The Morgan fingerprint density at radius 2 is 2.05 bits per heavy atom. The monoisotopic (exact) mass is 285 g/mol. The topological polar surface area (TPSA) is 25.2 Å². The Bertz CT molecular complexity index is 337.